The van der Waals surface area contributed by atoms with Crippen LogP contribution in [0.2, 0.25) is 0 Å². The quantitative estimate of drug-likeness (QED) is 0.745. The van der Waals surface area contributed by atoms with Crippen molar-refractivity contribution >= 4 is 0 Å². The first kappa shape index (κ1) is 14.6. The lowest BCUT2D eigenvalue weighted by Gasteiger charge is -2.25. The van der Waals surface area contributed by atoms with Crippen LogP contribution in [0.1, 0.15) is 30.5 Å². The summed E-state index contributed by atoms with van der Waals surface area (Å²) in [5.41, 5.74) is 4.06. The number of aryl methyl sites for hydroxylation is 2. The molecule has 0 saturated carbocycles. The molecule has 0 saturated heterocycles. The zero-order valence-electron chi connectivity index (χ0n) is 12.9. The summed E-state index contributed by atoms with van der Waals surface area (Å²) in [6.45, 7) is 9.44. The van der Waals surface area contributed by atoms with E-state index in [4.69, 9.17) is 4.74 Å². The van der Waals surface area contributed by atoms with Crippen molar-refractivity contribution < 1.29 is 4.74 Å². The van der Waals surface area contributed by atoms with E-state index in [1.165, 1.54) is 16.7 Å². The van der Waals surface area contributed by atoms with Gasteiger partial charge < -0.3 is 4.74 Å². The monoisotopic (exact) mass is 268 g/mol. The van der Waals surface area contributed by atoms with Crippen LogP contribution in [-0.2, 0) is 6.42 Å². The molecule has 0 unspecified atom stereocenters. The second-order valence-electron chi connectivity index (χ2n) is 6.43. The van der Waals surface area contributed by atoms with E-state index in [-0.39, 0.29) is 5.41 Å². The Morgan fingerprint density at radius 3 is 1.85 bits per heavy atom. The minimum atomic E-state index is 0.125. The van der Waals surface area contributed by atoms with Gasteiger partial charge in [-0.3, -0.25) is 0 Å². The Balaban J connectivity index is 1.93. The molecule has 0 fully saturated rings. The Kier molecular flexibility index (Phi) is 4.49. The number of hydrogen-bond acceptors (Lipinski definition) is 1. The van der Waals surface area contributed by atoms with Crippen molar-refractivity contribution in [2.75, 3.05) is 6.61 Å². The molecule has 2 rings (SSSR count). The molecule has 2 aromatic carbocycles. The number of hydrogen-bond donors (Lipinski definition) is 0. The van der Waals surface area contributed by atoms with Crippen molar-refractivity contribution in [3.8, 4) is 5.75 Å². The van der Waals surface area contributed by atoms with Gasteiger partial charge in [0.15, 0.2) is 0 Å². The number of ether oxygens (including phenoxy) is 1. The zero-order chi connectivity index (χ0) is 14.6. The summed E-state index contributed by atoms with van der Waals surface area (Å²) in [7, 11) is 0. The summed E-state index contributed by atoms with van der Waals surface area (Å²) >= 11 is 0. The van der Waals surface area contributed by atoms with Crippen molar-refractivity contribution in [3.05, 3.63) is 65.2 Å². The van der Waals surface area contributed by atoms with Gasteiger partial charge in [0.05, 0.1) is 6.61 Å². The maximum absolute atomic E-state index is 5.92. The predicted molar refractivity (Wildman–Crippen MR) is 85.3 cm³/mol. The summed E-state index contributed by atoms with van der Waals surface area (Å²) in [5, 5.41) is 0. The van der Waals surface area contributed by atoms with Crippen LogP contribution in [0.25, 0.3) is 0 Å². The van der Waals surface area contributed by atoms with Crippen LogP contribution >= 0.6 is 0 Å². The molecule has 0 aliphatic rings. The van der Waals surface area contributed by atoms with Crippen molar-refractivity contribution in [1.29, 1.82) is 0 Å². The van der Waals surface area contributed by atoms with E-state index in [2.05, 4.69) is 64.1 Å². The summed E-state index contributed by atoms with van der Waals surface area (Å²) in [6.07, 6.45) is 1.03. The fourth-order valence-electron chi connectivity index (χ4n) is 2.22. The molecule has 0 N–H and O–H groups in total. The van der Waals surface area contributed by atoms with Gasteiger partial charge in [-0.05, 0) is 38.0 Å². The van der Waals surface area contributed by atoms with E-state index >= 15 is 0 Å². The maximum Gasteiger partial charge on any atom is 0.119 e. The molecule has 1 heteroatoms. The van der Waals surface area contributed by atoms with Gasteiger partial charge in [0.1, 0.15) is 5.75 Å². The molecule has 20 heavy (non-hydrogen) atoms. The van der Waals surface area contributed by atoms with Crippen LogP contribution in [0.5, 0.6) is 5.75 Å². The largest absolute Gasteiger partial charge is 0.493 e. The molecule has 1 nitrogen and oxygen atoms in total. The SMILES string of the molecule is Cc1ccc(CC(C)(C)COc2ccc(C)cc2)cc1. The first-order valence-corrected chi connectivity index (χ1v) is 7.20. The van der Waals surface area contributed by atoms with E-state index in [0.717, 1.165) is 18.8 Å². The van der Waals surface area contributed by atoms with Gasteiger partial charge in [0.2, 0.25) is 0 Å². The average Bonchev–Trinajstić information content (AvgIpc) is 2.41. The Hall–Kier alpha value is -1.76. The fourth-order valence-corrected chi connectivity index (χ4v) is 2.22. The number of benzene rings is 2. The third kappa shape index (κ3) is 4.41. The van der Waals surface area contributed by atoms with Gasteiger partial charge >= 0.3 is 0 Å². The number of rotatable bonds is 5. The van der Waals surface area contributed by atoms with E-state index in [0.29, 0.717) is 0 Å². The predicted octanol–water partition coefficient (Wildman–Crippen LogP) is 4.95. The van der Waals surface area contributed by atoms with Crippen LogP contribution in [0.15, 0.2) is 48.5 Å². The standard InChI is InChI=1S/C19H24O/c1-15-5-9-17(10-6-15)13-19(3,4)14-20-18-11-7-16(2)8-12-18/h5-12H,13-14H2,1-4H3. The first-order chi connectivity index (χ1) is 9.44. The molecule has 0 atom stereocenters. The van der Waals surface area contributed by atoms with Crippen molar-refractivity contribution in [2.45, 2.75) is 34.1 Å². The Morgan fingerprint density at radius 1 is 0.800 bits per heavy atom. The molecule has 0 aliphatic carbocycles. The minimum Gasteiger partial charge on any atom is -0.493 e. The lowest BCUT2D eigenvalue weighted by molar-refractivity contribution is 0.179. The third-order valence-electron chi connectivity index (χ3n) is 3.45. The highest BCUT2D eigenvalue weighted by atomic mass is 16.5. The molecule has 0 radical (unpaired) electrons. The van der Waals surface area contributed by atoms with Gasteiger partial charge in [0, 0.05) is 5.41 Å². The lowest BCUT2D eigenvalue weighted by atomic mass is 9.86. The highest BCUT2D eigenvalue weighted by Crippen LogP contribution is 2.24. The van der Waals surface area contributed by atoms with Crippen molar-refractivity contribution in [3.63, 3.8) is 0 Å². The van der Waals surface area contributed by atoms with Gasteiger partial charge in [-0.15, -0.1) is 0 Å². The average molecular weight is 268 g/mol. The van der Waals surface area contributed by atoms with Crippen LogP contribution in [0.4, 0.5) is 0 Å². The Morgan fingerprint density at radius 2 is 1.30 bits per heavy atom. The fraction of sp³-hybridized carbons (Fsp3) is 0.368. The molecule has 0 amide bonds. The smallest absolute Gasteiger partial charge is 0.119 e. The second-order valence-corrected chi connectivity index (χ2v) is 6.43. The second kappa shape index (κ2) is 6.13. The van der Waals surface area contributed by atoms with E-state index in [1.54, 1.807) is 0 Å². The molecule has 0 heterocycles. The Bertz CT molecular complexity index is 535. The molecule has 106 valence electrons. The van der Waals surface area contributed by atoms with E-state index < -0.39 is 0 Å². The van der Waals surface area contributed by atoms with Gasteiger partial charge in [-0.2, -0.15) is 0 Å². The van der Waals surface area contributed by atoms with E-state index in [9.17, 15) is 0 Å². The van der Waals surface area contributed by atoms with Gasteiger partial charge in [-0.1, -0.05) is 61.4 Å². The van der Waals surface area contributed by atoms with Crippen molar-refractivity contribution in [2.24, 2.45) is 5.41 Å². The summed E-state index contributed by atoms with van der Waals surface area (Å²) in [5.74, 6) is 0.951. The molecule has 0 aliphatic heterocycles. The lowest BCUT2D eigenvalue weighted by Crippen LogP contribution is -2.24. The van der Waals surface area contributed by atoms with Gasteiger partial charge in [0.25, 0.3) is 0 Å². The molecule has 0 bridgehead atoms. The molecule has 2 aromatic rings. The van der Waals surface area contributed by atoms with E-state index in [1.807, 2.05) is 12.1 Å². The maximum atomic E-state index is 5.92. The third-order valence-corrected chi connectivity index (χ3v) is 3.45. The normalized spacial score (nSPS) is 11.4. The van der Waals surface area contributed by atoms with Crippen molar-refractivity contribution in [1.82, 2.24) is 0 Å². The molecule has 0 spiro atoms. The first-order valence-electron chi connectivity index (χ1n) is 7.20. The zero-order valence-corrected chi connectivity index (χ0v) is 12.9. The van der Waals surface area contributed by atoms with Crippen LogP contribution in [-0.4, -0.2) is 6.61 Å². The van der Waals surface area contributed by atoms with Crippen LogP contribution < -0.4 is 4.74 Å². The highest BCUT2D eigenvalue weighted by Gasteiger charge is 2.19. The highest BCUT2D eigenvalue weighted by molar-refractivity contribution is 5.26. The van der Waals surface area contributed by atoms with Crippen LogP contribution in [0.3, 0.4) is 0 Å². The molecule has 0 aromatic heterocycles. The molecular formula is C19H24O. The summed E-state index contributed by atoms with van der Waals surface area (Å²) < 4.78 is 5.92. The Labute approximate surface area is 122 Å². The minimum absolute atomic E-state index is 0.125. The summed E-state index contributed by atoms with van der Waals surface area (Å²) in [6, 6.07) is 17.0. The van der Waals surface area contributed by atoms with Gasteiger partial charge in [-0.25, -0.2) is 0 Å². The molecular weight excluding hydrogens is 244 g/mol. The summed E-state index contributed by atoms with van der Waals surface area (Å²) in [4.78, 5) is 0. The topological polar surface area (TPSA) is 9.23 Å². The van der Waals surface area contributed by atoms with Crippen LogP contribution in [0, 0.1) is 19.3 Å².